The summed E-state index contributed by atoms with van der Waals surface area (Å²) in [7, 11) is 1.65. The molecular weight excluding hydrogens is 407 g/mol. The number of carbonyl (C=O) groups excluding carboxylic acids is 1. The van der Waals surface area contributed by atoms with Crippen LogP contribution in [0.3, 0.4) is 0 Å². The van der Waals surface area contributed by atoms with Crippen molar-refractivity contribution in [3.63, 3.8) is 0 Å². The topological polar surface area (TPSA) is 53.6 Å². The van der Waals surface area contributed by atoms with Crippen molar-refractivity contribution in [2.75, 3.05) is 38.6 Å². The molecule has 2 N–H and O–H groups in total. The summed E-state index contributed by atoms with van der Waals surface area (Å²) in [4.78, 5) is 14.5. The molecule has 0 aliphatic carbocycles. The highest BCUT2D eigenvalue weighted by molar-refractivity contribution is 5.80. The summed E-state index contributed by atoms with van der Waals surface area (Å²) in [5.41, 5.74) is 0.782. The molecule has 1 fully saturated rings. The Morgan fingerprint density at radius 2 is 1.84 bits per heavy atom. The van der Waals surface area contributed by atoms with Gasteiger partial charge in [-0.3, -0.25) is 9.69 Å². The first kappa shape index (κ1) is 22.9. The zero-order chi connectivity index (χ0) is 22.3. The first-order chi connectivity index (χ1) is 14.8. The first-order valence-corrected chi connectivity index (χ1v) is 10.4. The number of hydrogen-bond acceptors (Lipinski definition) is 4. The highest BCUT2D eigenvalue weighted by atomic mass is 19.4. The number of benzene rings is 2. The number of rotatable bonds is 8. The van der Waals surface area contributed by atoms with Gasteiger partial charge in [-0.05, 0) is 67.7 Å². The van der Waals surface area contributed by atoms with Crippen molar-refractivity contribution in [1.82, 2.24) is 10.2 Å². The van der Waals surface area contributed by atoms with Crippen LogP contribution in [0.15, 0.2) is 48.5 Å². The Kier molecular flexibility index (Phi) is 7.79. The van der Waals surface area contributed by atoms with Crippen LogP contribution < -0.4 is 15.4 Å². The van der Waals surface area contributed by atoms with E-state index in [1.807, 2.05) is 12.1 Å². The smallest absolute Gasteiger partial charge is 0.416 e. The normalized spacial score (nSPS) is 15.5. The molecule has 2 aromatic rings. The van der Waals surface area contributed by atoms with Gasteiger partial charge in [-0.2, -0.15) is 13.2 Å². The van der Waals surface area contributed by atoms with Gasteiger partial charge < -0.3 is 15.4 Å². The molecule has 0 spiro atoms. The Morgan fingerprint density at radius 1 is 1.13 bits per heavy atom. The number of ether oxygens (including phenoxy) is 1. The minimum Gasteiger partial charge on any atom is -0.497 e. The molecule has 0 aromatic heterocycles. The minimum atomic E-state index is -4.40. The Morgan fingerprint density at radius 3 is 2.48 bits per heavy atom. The van der Waals surface area contributed by atoms with Crippen LogP contribution >= 0.6 is 0 Å². The molecule has 1 heterocycles. The maximum Gasteiger partial charge on any atom is 0.416 e. The van der Waals surface area contributed by atoms with E-state index in [9.17, 15) is 18.0 Å². The summed E-state index contributed by atoms with van der Waals surface area (Å²) in [6.45, 7) is 3.35. The largest absolute Gasteiger partial charge is 0.497 e. The molecule has 0 saturated carbocycles. The van der Waals surface area contributed by atoms with Crippen molar-refractivity contribution in [3.8, 4) is 5.75 Å². The van der Waals surface area contributed by atoms with Gasteiger partial charge >= 0.3 is 6.18 Å². The number of anilines is 1. The molecule has 1 aliphatic rings. The highest BCUT2D eigenvalue weighted by Gasteiger charge is 2.30. The molecule has 0 unspecified atom stereocenters. The Bertz CT molecular complexity index is 848. The lowest BCUT2D eigenvalue weighted by Gasteiger charge is -2.32. The van der Waals surface area contributed by atoms with Crippen molar-refractivity contribution in [2.45, 2.75) is 25.6 Å². The molecule has 31 heavy (non-hydrogen) atoms. The fourth-order valence-corrected chi connectivity index (χ4v) is 3.65. The molecule has 1 saturated heterocycles. The number of nitrogens with one attached hydrogen (secondary N) is 2. The maximum absolute atomic E-state index is 12.8. The second-order valence-electron chi connectivity index (χ2n) is 7.80. The summed E-state index contributed by atoms with van der Waals surface area (Å²) in [5, 5.41) is 5.65. The van der Waals surface area contributed by atoms with Gasteiger partial charge in [0.25, 0.3) is 0 Å². The van der Waals surface area contributed by atoms with Gasteiger partial charge in [0, 0.05) is 18.8 Å². The number of methoxy groups -OCH3 is 1. The minimum absolute atomic E-state index is 0.0579. The molecule has 0 bridgehead atoms. The number of alkyl halides is 3. The quantitative estimate of drug-likeness (QED) is 0.654. The van der Waals surface area contributed by atoms with E-state index >= 15 is 0 Å². The summed E-state index contributed by atoms with van der Waals surface area (Å²) < 4.78 is 43.5. The fourth-order valence-electron chi connectivity index (χ4n) is 3.65. The average Bonchev–Trinajstić information content (AvgIpc) is 2.77. The van der Waals surface area contributed by atoms with Crippen molar-refractivity contribution in [2.24, 2.45) is 5.92 Å². The summed E-state index contributed by atoms with van der Waals surface area (Å²) in [5.74, 6) is 1.03. The van der Waals surface area contributed by atoms with Gasteiger partial charge in [-0.1, -0.05) is 18.2 Å². The van der Waals surface area contributed by atoms with Crippen LogP contribution in [-0.4, -0.2) is 44.1 Å². The van der Waals surface area contributed by atoms with E-state index in [1.165, 1.54) is 17.7 Å². The number of piperidine rings is 1. The molecule has 5 nitrogen and oxygen atoms in total. The van der Waals surface area contributed by atoms with Crippen LogP contribution in [0.2, 0.25) is 0 Å². The maximum atomic E-state index is 12.8. The van der Waals surface area contributed by atoms with E-state index in [0.29, 0.717) is 12.5 Å². The Balaban J connectivity index is 1.35. The zero-order valence-electron chi connectivity index (χ0n) is 17.5. The summed E-state index contributed by atoms with van der Waals surface area (Å²) >= 11 is 0. The first-order valence-electron chi connectivity index (χ1n) is 10.4. The number of carbonyl (C=O) groups is 1. The number of nitrogens with zero attached hydrogens (tertiary/aromatic N) is 1. The Labute approximate surface area is 180 Å². The summed E-state index contributed by atoms with van der Waals surface area (Å²) in [6, 6.07) is 12.9. The van der Waals surface area contributed by atoms with Crippen molar-refractivity contribution in [1.29, 1.82) is 0 Å². The van der Waals surface area contributed by atoms with Gasteiger partial charge in [-0.15, -0.1) is 0 Å². The van der Waals surface area contributed by atoms with Gasteiger partial charge in [0.2, 0.25) is 5.91 Å². The van der Waals surface area contributed by atoms with Crippen LogP contribution in [-0.2, 0) is 17.5 Å². The van der Waals surface area contributed by atoms with Crippen LogP contribution in [0.25, 0.3) is 0 Å². The van der Waals surface area contributed by atoms with E-state index in [2.05, 4.69) is 27.7 Å². The summed E-state index contributed by atoms with van der Waals surface area (Å²) in [6.07, 6.45) is -2.41. The van der Waals surface area contributed by atoms with Crippen LogP contribution in [0, 0.1) is 5.92 Å². The molecular formula is C23H28F3N3O2. The molecule has 168 valence electrons. The molecule has 0 atom stereocenters. The van der Waals surface area contributed by atoms with Crippen molar-refractivity contribution < 1.29 is 22.7 Å². The van der Waals surface area contributed by atoms with E-state index in [1.54, 1.807) is 7.11 Å². The average molecular weight is 435 g/mol. The second kappa shape index (κ2) is 10.5. The predicted octanol–water partition coefficient (Wildman–Crippen LogP) is 4.15. The third-order valence-electron chi connectivity index (χ3n) is 5.50. The number of hydrogen-bond donors (Lipinski definition) is 2. The fraction of sp³-hybridized carbons (Fsp3) is 0.435. The third kappa shape index (κ3) is 7.17. The second-order valence-corrected chi connectivity index (χ2v) is 7.80. The predicted molar refractivity (Wildman–Crippen MR) is 114 cm³/mol. The van der Waals surface area contributed by atoms with E-state index in [-0.39, 0.29) is 18.1 Å². The molecule has 8 heteroatoms. The molecule has 1 amide bonds. The number of likely N-dealkylation sites (tertiary alicyclic amines) is 1. The zero-order valence-corrected chi connectivity index (χ0v) is 17.5. The van der Waals surface area contributed by atoms with Crippen LogP contribution in [0.5, 0.6) is 5.75 Å². The number of amides is 1. The van der Waals surface area contributed by atoms with Gasteiger partial charge in [0.05, 0.1) is 19.2 Å². The van der Waals surface area contributed by atoms with Crippen LogP contribution in [0.1, 0.15) is 24.0 Å². The van der Waals surface area contributed by atoms with Crippen molar-refractivity contribution in [3.05, 3.63) is 59.7 Å². The van der Waals surface area contributed by atoms with E-state index in [0.717, 1.165) is 50.4 Å². The van der Waals surface area contributed by atoms with Crippen molar-refractivity contribution >= 4 is 11.6 Å². The van der Waals surface area contributed by atoms with E-state index < -0.39 is 11.7 Å². The SMILES string of the molecule is COc1ccc(CN2CCC(CNC(=O)CNc3cccc(C(F)(F)F)c3)CC2)cc1. The van der Waals surface area contributed by atoms with E-state index in [4.69, 9.17) is 4.74 Å². The lowest BCUT2D eigenvalue weighted by atomic mass is 9.96. The molecule has 3 rings (SSSR count). The van der Waals surface area contributed by atoms with Crippen LogP contribution in [0.4, 0.5) is 18.9 Å². The number of halogens is 3. The lowest BCUT2D eigenvalue weighted by Crippen LogP contribution is -2.39. The molecule has 2 aromatic carbocycles. The third-order valence-corrected chi connectivity index (χ3v) is 5.50. The Hall–Kier alpha value is -2.74. The highest BCUT2D eigenvalue weighted by Crippen LogP contribution is 2.30. The standard InChI is InChI=1S/C23H28F3N3O2/c1-31-21-7-5-18(6-8-21)16-29-11-9-17(10-12-29)14-28-22(30)15-27-20-4-2-3-19(13-20)23(24,25)26/h2-8,13,17,27H,9-12,14-16H2,1H3,(H,28,30). The van der Waals surface area contributed by atoms with Gasteiger partial charge in [0.1, 0.15) is 5.75 Å². The molecule has 1 aliphatic heterocycles. The monoisotopic (exact) mass is 435 g/mol. The van der Waals surface area contributed by atoms with Gasteiger partial charge in [-0.25, -0.2) is 0 Å². The van der Waals surface area contributed by atoms with Gasteiger partial charge in [0.15, 0.2) is 0 Å². The lowest BCUT2D eigenvalue weighted by molar-refractivity contribution is -0.137. The molecule has 0 radical (unpaired) electrons.